The Morgan fingerprint density at radius 1 is 0.968 bits per heavy atom. The molecule has 1 atom stereocenters. The molecule has 3 aliphatic heterocycles. The number of unbranched alkanes of at least 4 members (excludes halogenated alkanes) is 1. The first-order chi connectivity index (χ1) is 15.0. The number of nitrogens with zero attached hydrogens (tertiary/aromatic N) is 6. The van der Waals surface area contributed by atoms with Crippen LogP contribution in [-0.4, -0.2) is 105 Å². The predicted octanol–water partition coefficient (Wildman–Crippen LogP) is 1.03. The van der Waals surface area contributed by atoms with Crippen LogP contribution in [0.25, 0.3) is 0 Å². The third-order valence-corrected chi connectivity index (χ3v) is 8.49. The maximum Gasteiger partial charge on any atom is 0.214 e. The molecule has 0 spiro atoms. The lowest BCUT2D eigenvalue weighted by molar-refractivity contribution is 0.0712. The molecule has 10 heteroatoms. The van der Waals surface area contributed by atoms with E-state index in [1.54, 1.807) is 4.31 Å². The molecule has 0 radical (unpaired) electrons. The molecule has 0 N–H and O–H groups in total. The first-order valence-electron chi connectivity index (χ1n) is 11.7. The summed E-state index contributed by atoms with van der Waals surface area (Å²) in [4.78, 5) is 6.91. The van der Waals surface area contributed by atoms with Gasteiger partial charge in [0.25, 0.3) is 0 Å². The Hall–Kier alpha value is -1.49. The zero-order valence-corrected chi connectivity index (χ0v) is 19.5. The van der Waals surface area contributed by atoms with Crippen LogP contribution in [0.5, 0.6) is 0 Å². The molecule has 3 aliphatic rings. The van der Waals surface area contributed by atoms with E-state index >= 15 is 0 Å². The molecule has 0 amide bonds. The first kappa shape index (κ1) is 22.7. The smallest absolute Gasteiger partial charge is 0.214 e. The molecule has 0 bridgehead atoms. The average Bonchev–Trinajstić information content (AvgIpc) is 3.32. The molecule has 174 valence electrons. The second-order valence-electron chi connectivity index (χ2n) is 8.73. The van der Waals surface area contributed by atoms with Crippen LogP contribution in [0.15, 0.2) is 12.1 Å². The molecular formula is C21H36N6O3S. The van der Waals surface area contributed by atoms with Gasteiger partial charge < -0.3 is 14.5 Å². The van der Waals surface area contributed by atoms with Crippen molar-refractivity contribution in [3.63, 3.8) is 0 Å². The van der Waals surface area contributed by atoms with Gasteiger partial charge in [-0.1, -0.05) is 13.3 Å². The van der Waals surface area contributed by atoms with Crippen molar-refractivity contribution >= 4 is 21.7 Å². The van der Waals surface area contributed by atoms with E-state index in [9.17, 15) is 8.42 Å². The van der Waals surface area contributed by atoms with Gasteiger partial charge in [0.15, 0.2) is 11.6 Å². The van der Waals surface area contributed by atoms with Crippen LogP contribution >= 0.6 is 0 Å². The van der Waals surface area contributed by atoms with Crippen LogP contribution in [0.1, 0.15) is 32.6 Å². The summed E-state index contributed by atoms with van der Waals surface area (Å²) < 4.78 is 32.2. The molecule has 9 nitrogen and oxygen atoms in total. The summed E-state index contributed by atoms with van der Waals surface area (Å²) in [7, 11) is -3.13. The topological polar surface area (TPSA) is 82.1 Å². The number of rotatable bonds is 8. The van der Waals surface area contributed by atoms with Gasteiger partial charge in [0, 0.05) is 65.5 Å². The van der Waals surface area contributed by atoms with Crippen LogP contribution in [0.3, 0.4) is 0 Å². The largest absolute Gasteiger partial charge is 0.377 e. The first-order valence-corrected chi connectivity index (χ1v) is 13.3. The zero-order valence-electron chi connectivity index (χ0n) is 18.7. The van der Waals surface area contributed by atoms with E-state index in [2.05, 4.69) is 24.9 Å². The van der Waals surface area contributed by atoms with Gasteiger partial charge in [0.1, 0.15) is 0 Å². The van der Waals surface area contributed by atoms with E-state index in [0.29, 0.717) is 32.3 Å². The third-order valence-electron chi connectivity index (χ3n) is 6.53. The Kier molecular flexibility index (Phi) is 7.63. The van der Waals surface area contributed by atoms with Crippen molar-refractivity contribution in [3.8, 4) is 0 Å². The number of ether oxygens (including phenoxy) is 1. The fraction of sp³-hybridized carbons (Fsp3) is 0.810. The summed E-state index contributed by atoms with van der Waals surface area (Å²) >= 11 is 0. The van der Waals surface area contributed by atoms with Crippen LogP contribution in [-0.2, 0) is 14.8 Å². The molecule has 0 saturated carbocycles. The zero-order chi connectivity index (χ0) is 21.7. The number of hydrogen-bond donors (Lipinski definition) is 0. The number of aromatic nitrogens is 2. The summed E-state index contributed by atoms with van der Waals surface area (Å²) in [6.07, 6.45) is 4.40. The monoisotopic (exact) mass is 452 g/mol. The molecule has 1 aromatic rings. The van der Waals surface area contributed by atoms with Crippen LogP contribution in [0.2, 0.25) is 0 Å². The molecule has 3 fully saturated rings. The fourth-order valence-corrected chi connectivity index (χ4v) is 6.17. The van der Waals surface area contributed by atoms with E-state index in [1.807, 2.05) is 19.1 Å². The average molecular weight is 453 g/mol. The maximum atomic E-state index is 12.4. The highest BCUT2D eigenvalue weighted by molar-refractivity contribution is 7.89. The Bertz CT molecular complexity index is 784. The van der Waals surface area contributed by atoms with Gasteiger partial charge in [0.05, 0.1) is 11.9 Å². The Morgan fingerprint density at radius 2 is 1.58 bits per heavy atom. The standard InChI is InChI=1S/C21H36N6O3S/c1-2-3-17-31(28,29)27-14-12-26(13-15-27)21-7-6-20(22-23-21)25-10-8-24(9-11-25)18-19-5-4-16-30-19/h6-7,19H,2-5,8-18H2,1H3. The highest BCUT2D eigenvalue weighted by atomic mass is 32.2. The summed E-state index contributed by atoms with van der Waals surface area (Å²) in [5.74, 6) is 1.99. The van der Waals surface area contributed by atoms with E-state index in [0.717, 1.165) is 63.8 Å². The van der Waals surface area contributed by atoms with Gasteiger partial charge in [-0.15, -0.1) is 10.2 Å². The Labute approximate surface area is 186 Å². The van der Waals surface area contributed by atoms with Crippen molar-refractivity contribution in [1.29, 1.82) is 0 Å². The molecule has 31 heavy (non-hydrogen) atoms. The summed E-state index contributed by atoms with van der Waals surface area (Å²) in [6.45, 7) is 10.3. The molecule has 1 unspecified atom stereocenters. The van der Waals surface area contributed by atoms with Crippen molar-refractivity contribution in [2.75, 3.05) is 81.1 Å². The molecule has 4 rings (SSSR count). The van der Waals surface area contributed by atoms with E-state index in [-0.39, 0.29) is 5.75 Å². The highest BCUT2D eigenvalue weighted by Crippen LogP contribution is 2.20. The van der Waals surface area contributed by atoms with Crippen LogP contribution < -0.4 is 9.80 Å². The quantitative estimate of drug-likeness (QED) is 0.579. The third kappa shape index (κ3) is 5.85. The Balaban J connectivity index is 1.24. The van der Waals surface area contributed by atoms with Crippen LogP contribution in [0.4, 0.5) is 11.6 Å². The van der Waals surface area contributed by atoms with Crippen molar-refractivity contribution in [3.05, 3.63) is 12.1 Å². The van der Waals surface area contributed by atoms with Crippen molar-refractivity contribution in [2.24, 2.45) is 0 Å². The minimum atomic E-state index is -3.13. The Morgan fingerprint density at radius 3 is 2.10 bits per heavy atom. The lowest BCUT2D eigenvalue weighted by Gasteiger charge is -2.36. The maximum absolute atomic E-state index is 12.4. The van der Waals surface area contributed by atoms with Gasteiger partial charge in [0.2, 0.25) is 10.0 Å². The lowest BCUT2D eigenvalue weighted by atomic mass is 10.2. The molecule has 3 saturated heterocycles. The molecule has 4 heterocycles. The number of piperazine rings is 2. The second kappa shape index (κ2) is 10.4. The molecule has 0 aliphatic carbocycles. The number of sulfonamides is 1. The van der Waals surface area contributed by atoms with Crippen molar-refractivity contribution < 1.29 is 13.2 Å². The van der Waals surface area contributed by atoms with E-state index < -0.39 is 10.0 Å². The normalized spacial score (nSPS) is 24.1. The minimum Gasteiger partial charge on any atom is -0.377 e. The van der Waals surface area contributed by atoms with E-state index in [1.165, 1.54) is 12.8 Å². The van der Waals surface area contributed by atoms with Gasteiger partial charge >= 0.3 is 0 Å². The number of hydrogen-bond acceptors (Lipinski definition) is 8. The lowest BCUT2D eigenvalue weighted by Crippen LogP contribution is -2.50. The summed E-state index contributed by atoms with van der Waals surface area (Å²) in [6, 6.07) is 4.06. The van der Waals surface area contributed by atoms with Gasteiger partial charge in [-0.05, 0) is 31.4 Å². The SMILES string of the molecule is CCCCS(=O)(=O)N1CCN(c2ccc(N3CCN(CC4CCCO4)CC3)nn2)CC1. The van der Waals surface area contributed by atoms with Gasteiger partial charge in [-0.25, -0.2) is 8.42 Å². The molecule has 0 aromatic carbocycles. The predicted molar refractivity (Wildman–Crippen MR) is 122 cm³/mol. The summed E-state index contributed by atoms with van der Waals surface area (Å²) in [5, 5.41) is 8.92. The fourth-order valence-electron chi connectivity index (χ4n) is 4.54. The second-order valence-corrected chi connectivity index (χ2v) is 10.8. The van der Waals surface area contributed by atoms with E-state index in [4.69, 9.17) is 4.74 Å². The minimum absolute atomic E-state index is 0.249. The molecule has 1 aromatic heterocycles. The van der Waals surface area contributed by atoms with Crippen molar-refractivity contribution in [1.82, 2.24) is 19.4 Å². The highest BCUT2D eigenvalue weighted by Gasteiger charge is 2.27. The molecular weight excluding hydrogens is 416 g/mol. The van der Waals surface area contributed by atoms with Crippen molar-refractivity contribution in [2.45, 2.75) is 38.7 Å². The number of anilines is 2. The summed E-state index contributed by atoms with van der Waals surface area (Å²) in [5.41, 5.74) is 0. The van der Waals surface area contributed by atoms with Gasteiger partial charge in [-0.3, -0.25) is 4.90 Å². The van der Waals surface area contributed by atoms with Crippen LogP contribution in [0, 0.1) is 0 Å². The van der Waals surface area contributed by atoms with Gasteiger partial charge in [-0.2, -0.15) is 4.31 Å².